The quantitative estimate of drug-likeness (QED) is 0.749. The number of nitrogen functional groups attached to an aromatic ring is 1. The molecule has 92 valence electrons. The Morgan fingerprint density at radius 1 is 1.22 bits per heavy atom. The molecule has 0 unspecified atom stereocenters. The van der Waals surface area contributed by atoms with Gasteiger partial charge in [0.05, 0.1) is 16.7 Å². The van der Waals surface area contributed by atoms with Crippen LogP contribution in [-0.2, 0) is 6.42 Å². The first-order valence-corrected chi connectivity index (χ1v) is 6.18. The largest absolute Gasteiger partial charge is 0.382 e. The van der Waals surface area contributed by atoms with E-state index in [1.165, 1.54) is 0 Å². The number of rotatable bonds is 2. The molecule has 0 amide bonds. The highest BCUT2D eigenvalue weighted by Gasteiger charge is 2.10. The van der Waals surface area contributed by atoms with E-state index in [9.17, 15) is 0 Å². The fourth-order valence-corrected chi connectivity index (χ4v) is 2.24. The average molecular weight is 240 g/mol. The Morgan fingerprint density at radius 2 is 2.00 bits per heavy atom. The molecule has 4 nitrogen and oxygen atoms in total. The fourth-order valence-electron chi connectivity index (χ4n) is 2.24. The van der Waals surface area contributed by atoms with Crippen LogP contribution in [0.3, 0.4) is 0 Å². The van der Waals surface area contributed by atoms with Crippen LogP contribution in [-0.4, -0.2) is 14.6 Å². The van der Waals surface area contributed by atoms with Crippen LogP contribution in [0.15, 0.2) is 30.3 Å². The fraction of sp³-hybridized carbons (Fsp3) is 0.286. The molecule has 2 aromatic heterocycles. The van der Waals surface area contributed by atoms with Crippen LogP contribution >= 0.6 is 0 Å². The highest BCUT2D eigenvalue weighted by Crippen LogP contribution is 2.21. The summed E-state index contributed by atoms with van der Waals surface area (Å²) in [5, 5.41) is 4.64. The summed E-state index contributed by atoms with van der Waals surface area (Å²) >= 11 is 0. The molecule has 0 aliphatic heterocycles. The Kier molecular flexibility index (Phi) is 2.44. The minimum atomic E-state index is 0.538. The Hall–Kier alpha value is -2.10. The van der Waals surface area contributed by atoms with Gasteiger partial charge in [0.25, 0.3) is 0 Å². The second-order valence-corrected chi connectivity index (χ2v) is 5.02. The van der Waals surface area contributed by atoms with Gasteiger partial charge in [0.15, 0.2) is 0 Å². The minimum absolute atomic E-state index is 0.538. The molecule has 3 aromatic rings. The number of hydrogen-bond acceptors (Lipinski definition) is 3. The number of hydrogen-bond donors (Lipinski definition) is 1. The van der Waals surface area contributed by atoms with Crippen LogP contribution in [0.4, 0.5) is 5.82 Å². The maximum Gasteiger partial charge on any atom is 0.150 e. The number of benzene rings is 1. The van der Waals surface area contributed by atoms with Gasteiger partial charge in [-0.3, -0.25) is 0 Å². The molecule has 0 aliphatic carbocycles. The number of nitrogens with two attached hydrogens (primary N) is 1. The molecule has 2 N–H and O–H groups in total. The lowest BCUT2D eigenvalue weighted by molar-refractivity contribution is 0.631. The van der Waals surface area contributed by atoms with Crippen LogP contribution in [0.25, 0.3) is 16.6 Å². The van der Waals surface area contributed by atoms with Gasteiger partial charge in [0, 0.05) is 0 Å². The summed E-state index contributed by atoms with van der Waals surface area (Å²) in [6.45, 7) is 4.37. The minimum Gasteiger partial charge on any atom is -0.382 e. The molecule has 1 aromatic carbocycles. The zero-order chi connectivity index (χ0) is 12.7. The highest BCUT2D eigenvalue weighted by molar-refractivity contribution is 5.83. The molecule has 2 heterocycles. The van der Waals surface area contributed by atoms with Crippen molar-refractivity contribution in [3.63, 3.8) is 0 Å². The summed E-state index contributed by atoms with van der Waals surface area (Å²) in [6, 6.07) is 9.95. The first-order valence-electron chi connectivity index (χ1n) is 6.18. The summed E-state index contributed by atoms with van der Waals surface area (Å²) < 4.78 is 1.90. The summed E-state index contributed by atoms with van der Waals surface area (Å²) in [7, 11) is 0. The van der Waals surface area contributed by atoms with E-state index in [-0.39, 0.29) is 0 Å². The van der Waals surface area contributed by atoms with E-state index in [2.05, 4.69) is 23.9 Å². The molecule has 0 aliphatic rings. The van der Waals surface area contributed by atoms with Crippen LogP contribution in [0, 0.1) is 5.92 Å². The third kappa shape index (κ3) is 1.70. The molecule has 3 rings (SSSR count). The normalized spacial score (nSPS) is 11.7. The van der Waals surface area contributed by atoms with Gasteiger partial charge in [-0.2, -0.15) is 5.10 Å². The Morgan fingerprint density at radius 3 is 2.78 bits per heavy atom. The van der Waals surface area contributed by atoms with Gasteiger partial charge < -0.3 is 5.73 Å². The van der Waals surface area contributed by atoms with E-state index >= 15 is 0 Å². The van der Waals surface area contributed by atoms with Crippen molar-refractivity contribution < 1.29 is 0 Å². The third-order valence-corrected chi connectivity index (χ3v) is 2.99. The summed E-state index contributed by atoms with van der Waals surface area (Å²) in [4.78, 5) is 4.41. The molecule has 0 radical (unpaired) electrons. The lowest BCUT2D eigenvalue weighted by Gasteiger charge is -2.02. The van der Waals surface area contributed by atoms with Gasteiger partial charge in [-0.1, -0.05) is 26.0 Å². The third-order valence-electron chi connectivity index (χ3n) is 2.99. The zero-order valence-electron chi connectivity index (χ0n) is 10.6. The van der Waals surface area contributed by atoms with Crippen LogP contribution < -0.4 is 5.73 Å². The van der Waals surface area contributed by atoms with E-state index in [0.717, 1.165) is 28.7 Å². The molecule has 4 heteroatoms. The Bertz CT molecular complexity index is 712. The maximum absolute atomic E-state index is 5.99. The molecule has 0 bridgehead atoms. The zero-order valence-corrected chi connectivity index (χ0v) is 10.6. The second-order valence-electron chi connectivity index (χ2n) is 5.02. The standard InChI is InChI=1S/C14H16N4/c1-9(2)7-10-8-13-14(15)16-11-5-3-4-6-12(11)18(13)17-10/h3-6,8-9H,7H2,1-2H3,(H2,15,16). The van der Waals surface area contributed by atoms with Crippen molar-refractivity contribution in [2.24, 2.45) is 5.92 Å². The van der Waals surface area contributed by atoms with Crippen LogP contribution in [0.5, 0.6) is 0 Å². The first kappa shape index (κ1) is 11.0. The maximum atomic E-state index is 5.99. The van der Waals surface area contributed by atoms with E-state index in [0.29, 0.717) is 11.7 Å². The topological polar surface area (TPSA) is 56.2 Å². The molecule has 0 atom stereocenters. The van der Waals surface area contributed by atoms with Crippen molar-refractivity contribution in [3.05, 3.63) is 36.0 Å². The van der Waals surface area contributed by atoms with E-state index < -0.39 is 0 Å². The van der Waals surface area contributed by atoms with Crippen molar-refractivity contribution in [3.8, 4) is 0 Å². The van der Waals surface area contributed by atoms with E-state index in [1.807, 2.05) is 34.8 Å². The van der Waals surface area contributed by atoms with Gasteiger partial charge in [-0.15, -0.1) is 0 Å². The summed E-state index contributed by atoms with van der Waals surface area (Å²) in [5.41, 5.74) is 9.83. The number of para-hydroxylation sites is 2. The van der Waals surface area contributed by atoms with Gasteiger partial charge in [0.1, 0.15) is 11.3 Å². The van der Waals surface area contributed by atoms with Crippen molar-refractivity contribution in [2.75, 3.05) is 5.73 Å². The molecular formula is C14H16N4. The Balaban J connectivity index is 2.31. The van der Waals surface area contributed by atoms with Crippen molar-refractivity contribution in [1.29, 1.82) is 0 Å². The van der Waals surface area contributed by atoms with Crippen molar-refractivity contribution in [2.45, 2.75) is 20.3 Å². The molecule has 0 spiro atoms. The monoisotopic (exact) mass is 240 g/mol. The van der Waals surface area contributed by atoms with Crippen molar-refractivity contribution in [1.82, 2.24) is 14.6 Å². The van der Waals surface area contributed by atoms with Gasteiger partial charge >= 0.3 is 0 Å². The smallest absolute Gasteiger partial charge is 0.150 e. The number of anilines is 1. The molecule has 18 heavy (non-hydrogen) atoms. The average Bonchev–Trinajstić information content (AvgIpc) is 2.73. The van der Waals surface area contributed by atoms with Gasteiger partial charge in [0.2, 0.25) is 0 Å². The van der Waals surface area contributed by atoms with Crippen LogP contribution in [0.1, 0.15) is 19.5 Å². The number of nitrogens with zero attached hydrogens (tertiary/aromatic N) is 3. The lowest BCUT2D eigenvalue weighted by Crippen LogP contribution is -1.99. The lowest BCUT2D eigenvalue weighted by atomic mass is 10.1. The molecular weight excluding hydrogens is 224 g/mol. The molecule has 0 saturated carbocycles. The SMILES string of the molecule is CC(C)Cc1cc2c(N)nc3ccccc3n2n1. The molecule has 0 fully saturated rings. The highest BCUT2D eigenvalue weighted by atomic mass is 15.2. The molecule has 0 saturated heterocycles. The van der Waals surface area contributed by atoms with Crippen molar-refractivity contribution >= 4 is 22.4 Å². The van der Waals surface area contributed by atoms with Gasteiger partial charge in [-0.05, 0) is 30.5 Å². The van der Waals surface area contributed by atoms with E-state index in [1.54, 1.807) is 0 Å². The summed E-state index contributed by atoms with van der Waals surface area (Å²) in [5.74, 6) is 1.12. The Labute approximate surface area is 105 Å². The number of aromatic nitrogens is 3. The number of fused-ring (bicyclic) bond motifs is 3. The second kappa shape index (κ2) is 3.98. The summed E-state index contributed by atoms with van der Waals surface area (Å²) in [6.07, 6.45) is 0.954. The predicted octanol–water partition coefficient (Wildman–Crippen LogP) is 2.66. The van der Waals surface area contributed by atoms with Crippen LogP contribution in [0.2, 0.25) is 0 Å². The van der Waals surface area contributed by atoms with Gasteiger partial charge in [-0.25, -0.2) is 9.50 Å². The first-order chi connectivity index (χ1) is 8.65. The van der Waals surface area contributed by atoms with E-state index in [4.69, 9.17) is 5.73 Å². The predicted molar refractivity (Wildman–Crippen MR) is 73.4 cm³/mol.